The van der Waals surface area contributed by atoms with E-state index in [0.717, 1.165) is 11.2 Å². The number of rotatable bonds is 1. The summed E-state index contributed by atoms with van der Waals surface area (Å²) in [5, 5.41) is 4.95. The number of benzene rings is 3. The molecule has 0 saturated heterocycles. The topological polar surface area (TPSA) is 18.1 Å². The molecule has 0 N–H and O–H groups in total. The van der Waals surface area contributed by atoms with E-state index >= 15 is 0 Å². The summed E-state index contributed by atoms with van der Waals surface area (Å²) in [6.45, 7) is 4.43. The quantitative estimate of drug-likeness (QED) is 0.352. The van der Waals surface area contributed by atoms with E-state index in [1.54, 1.807) is 0 Å². The van der Waals surface area contributed by atoms with Crippen molar-refractivity contribution in [1.29, 1.82) is 0 Å². The van der Waals surface area contributed by atoms with Crippen molar-refractivity contribution < 1.29 is 4.42 Å². The Morgan fingerprint density at radius 2 is 1.46 bits per heavy atom. The van der Waals surface area contributed by atoms with Gasteiger partial charge in [0.05, 0.1) is 5.52 Å². The zero-order chi connectivity index (χ0) is 16.4. The van der Waals surface area contributed by atoms with Crippen LogP contribution in [-0.2, 0) is 7.05 Å². The van der Waals surface area contributed by atoms with Crippen LogP contribution in [0.5, 0.6) is 0 Å². The maximum absolute atomic E-state index is 6.45. The standard InChI is InChI=1S/C22H19NO/c1-13(2)14-8-6-9-17-18-12-11-16-15-7-4-5-10-19(15)23(3)20(16)22(18)24-21(14)17/h4-13H,1-3H3. The van der Waals surface area contributed by atoms with Crippen molar-refractivity contribution in [3.8, 4) is 0 Å². The van der Waals surface area contributed by atoms with E-state index in [4.69, 9.17) is 4.42 Å². The molecule has 118 valence electrons. The first-order valence-electron chi connectivity index (χ1n) is 8.48. The lowest BCUT2D eigenvalue weighted by Crippen LogP contribution is -1.86. The second kappa shape index (κ2) is 4.64. The van der Waals surface area contributed by atoms with E-state index in [0.29, 0.717) is 5.92 Å². The van der Waals surface area contributed by atoms with Crippen LogP contribution in [0.1, 0.15) is 25.3 Å². The van der Waals surface area contributed by atoms with Crippen LogP contribution in [0.4, 0.5) is 0 Å². The molecule has 3 aromatic carbocycles. The number of hydrogen-bond acceptors (Lipinski definition) is 1. The highest BCUT2D eigenvalue weighted by Crippen LogP contribution is 2.39. The van der Waals surface area contributed by atoms with Crippen molar-refractivity contribution in [2.75, 3.05) is 0 Å². The van der Waals surface area contributed by atoms with Crippen molar-refractivity contribution in [2.45, 2.75) is 19.8 Å². The minimum absolute atomic E-state index is 0.442. The predicted octanol–water partition coefficient (Wildman–Crippen LogP) is 6.35. The van der Waals surface area contributed by atoms with Gasteiger partial charge in [0.1, 0.15) is 5.58 Å². The maximum atomic E-state index is 6.45. The van der Waals surface area contributed by atoms with Gasteiger partial charge in [-0.15, -0.1) is 0 Å². The third-order valence-electron chi connectivity index (χ3n) is 5.18. The van der Waals surface area contributed by atoms with E-state index in [9.17, 15) is 0 Å². The molecule has 5 rings (SSSR count). The number of para-hydroxylation sites is 2. The third-order valence-corrected chi connectivity index (χ3v) is 5.18. The smallest absolute Gasteiger partial charge is 0.159 e. The zero-order valence-corrected chi connectivity index (χ0v) is 14.1. The van der Waals surface area contributed by atoms with Crippen LogP contribution in [0.25, 0.3) is 43.7 Å². The SMILES string of the molecule is CC(C)c1cccc2c1oc1c2ccc2c3ccccc3n(C)c21. The molecule has 0 aliphatic rings. The van der Waals surface area contributed by atoms with Crippen molar-refractivity contribution in [3.63, 3.8) is 0 Å². The number of aryl methyl sites for hydroxylation is 1. The van der Waals surface area contributed by atoms with Gasteiger partial charge in [-0.3, -0.25) is 0 Å². The fourth-order valence-electron chi connectivity index (χ4n) is 3.99. The first-order valence-corrected chi connectivity index (χ1v) is 8.48. The monoisotopic (exact) mass is 313 g/mol. The summed E-state index contributed by atoms with van der Waals surface area (Å²) in [6, 6.07) is 19.5. The van der Waals surface area contributed by atoms with E-state index in [1.165, 1.54) is 38.1 Å². The number of nitrogens with zero attached hydrogens (tertiary/aromatic N) is 1. The highest BCUT2D eigenvalue weighted by atomic mass is 16.3. The molecule has 2 heteroatoms. The summed E-state index contributed by atoms with van der Waals surface area (Å²) in [5.74, 6) is 0.442. The Labute approximate surface area is 140 Å². The summed E-state index contributed by atoms with van der Waals surface area (Å²) < 4.78 is 8.70. The Kier molecular flexibility index (Phi) is 2.64. The summed E-state index contributed by atoms with van der Waals surface area (Å²) in [5.41, 5.74) is 5.72. The van der Waals surface area contributed by atoms with Crippen LogP contribution in [0, 0.1) is 0 Å². The molecule has 0 atom stereocenters. The Morgan fingerprint density at radius 1 is 0.750 bits per heavy atom. The summed E-state index contributed by atoms with van der Waals surface area (Å²) in [7, 11) is 2.13. The van der Waals surface area contributed by atoms with Gasteiger partial charge in [0.2, 0.25) is 0 Å². The number of furan rings is 1. The molecular formula is C22H19NO. The highest BCUT2D eigenvalue weighted by molar-refractivity contribution is 6.20. The number of fused-ring (bicyclic) bond motifs is 7. The molecule has 24 heavy (non-hydrogen) atoms. The highest BCUT2D eigenvalue weighted by Gasteiger charge is 2.18. The Hall–Kier alpha value is -2.74. The molecule has 2 aromatic heterocycles. The van der Waals surface area contributed by atoms with E-state index < -0.39 is 0 Å². The lowest BCUT2D eigenvalue weighted by Gasteiger charge is -2.04. The number of hydrogen-bond donors (Lipinski definition) is 0. The van der Waals surface area contributed by atoms with E-state index in [-0.39, 0.29) is 0 Å². The summed E-state index contributed by atoms with van der Waals surface area (Å²) >= 11 is 0. The molecule has 0 unspecified atom stereocenters. The molecule has 0 amide bonds. The van der Waals surface area contributed by atoms with Crippen molar-refractivity contribution in [3.05, 3.63) is 60.2 Å². The van der Waals surface area contributed by atoms with Gasteiger partial charge in [-0.25, -0.2) is 0 Å². The van der Waals surface area contributed by atoms with Gasteiger partial charge in [-0.05, 0) is 23.6 Å². The average molecular weight is 313 g/mol. The minimum atomic E-state index is 0.442. The van der Waals surface area contributed by atoms with Gasteiger partial charge in [-0.1, -0.05) is 56.3 Å². The average Bonchev–Trinajstić information content (AvgIpc) is 3.11. The molecule has 0 radical (unpaired) electrons. The molecule has 5 aromatic rings. The van der Waals surface area contributed by atoms with Crippen LogP contribution in [-0.4, -0.2) is 4.57 Å². The van der Waals surface area contributed by atoms with E-state index in [1.807, 2.05) is 0 Å². The fourth-order valence-corrected chi connectivity index (χ4v) is 3.99. The Morgan fingerprint density at radius 3 is 2.29 bits per heavy atom. The fraction of sp³-hybridized carbons (Fsp3) is 0.182. The van der Waals surface area contributed by atoms with Crippen molar-refractivity contribution in [1.82, 2.24) is 4.57 Å². The Balaban J connectivity index is 2.05. The first kappa shape index (κ1) is 13.7. The third kappa shape index (κ3) is 1.60. The zero-order valence-electron chi connectivity index (χ0n) is 14.1. The second-order valence-electron chi connectivity index (χ2n) is 6.90. The van der Waals surface area contributed by atoms with Gasteiger partial charge in [0.15, 0.2) is 5.58 Å². The molecule has 0 spiro atoms. The predicted molar refractivity (Wildman–Crippen MR) is 102 cm³/mol. The van der Waals surface area contributed by atoms with Gasteiger partial charge < -0.3 is 8.98 Å². The Bertz CT molecular complexity index is 1240. The molecule has 0 saturated carbocycles. The van der Waals surface area contributed by atoms with Crippen LogP contribution in [0.15, 0.2) is 59.0 Å². The van der Waals surface area contributed by atoms with Gasteiger partial charge in [0.25, 0.3) is 0 Å². The normalized spacial score (nSPS) is 12.3. The molecule has 0 aliphatic heterocycles. The first-order chi connectivity index (χ1) is 11.7. The molecular weight excluding hydrogens is 294 g/mol. The second-order valence-corrected chi connectivity index (χ2v) is 6.90. The summed E-state index contributed by atoms with van der Waals surface area (Å²) in [4.78, 5) is 0. The number of aromatic nitrogens is 1. The van der Waals surface area contributed by atoms with Crippen LogP contribution >= 0.6 is 0 Å². The maximum Gasteiger partial charge on any atom is 0.159 e. The minimum Gasteiger partial charge on any atom is -0.454 e. The van der Waals surface area contributed by atoms with Crippen molar-refractivity contribution >= 4 is 43.7 Å². The van der Waals surface area contributed by atoms with E-state index in [2.05, 4.69) is 80.1 Å². The lowest BCUT2D eigenvalue weighted by atomic mass is 10.00. The molecule has 0 aliphatic carbocycles. The molecule has 0 fully saturated rings. The van der Waals surface area contributed by atoms with Gasteiger partial charge >= 0.3 is 0 Å². The van der Waals surface area contributed by atoms with Crippen LogP contribution in [0.2, 0.25) is 0 Å². The molecule has 2 heterocycles. The molecule has 2 nitrogen and oxygen atoms in total. The van der Waals surface area contributed by atoms with Crippen LogP contribution < -0.4 is 0 Å². The molecule has 0 bridgehead atoms. The lowest BCUT2D eigenvalue weighted by molar-refractivity contribution is 0.658. The van der Waals surface area contributed by atoms with Gasteiger partial charge in [-0.2, -0.15) is 0 Å². The van der Waals surface area contributed by atoms with Crippen LogP contribution in [0.3, 0.4) is 0 Å². The largest absolute Gasteiger partial charge is 0.454 e. The van der Waals surface area contributed by atoms with Gasteiger partial charge in [0, 0.05) is 34.1 Å². The van der Waals surface area contributed by atoms with Crippen molar-refractivity contribution in [2.24, 2.45) is 7.05 Å². The summed E-state index contributed by atoms with van der Waals surface area (Å²) in [6.07, 6.45) is 0.